The van der Waals surface area contributed by atoms with Crippen LogP contribution in [0, 0.1) is 5.92 Å². The fourth-order valence-corrected chi connectivity index (χ4v) is 2.91. The molecule has 2 fully saturated rings. The Hall–Kier alpha value is -0.0800. The van der Waals surface area contributed by atoms with E-state index in [0.717, 1.165) is 24.5 Å². The van der Waals surface area contributed by atoms with Gasteiger partial charge in [-0.15, -0.1) is 0 Å². The van der Waals surface area contributed by atoms with Gasteiger partial charge in [-0.1, -0.05) is 0 Å². The number of rotatable bonds is 3. The van der Waals surface area contributed by atoms with Crippen molar-refractivity contribution in [3.8, 4) is 0 Å². The fourth-order valence-electron chi connectivity index (χ4n) is 2.91. The molecule has 3 unspecified atom stereocenters. The number of nitrogens with two attached hydrogens (primary N) is 1. The van der Waals surface area contributed by atoms with Gasteiger partial charge < -0.3 is 5.73 Å². The molecule has 0 spiro atoms. The van der Waals surface area contributed by atoms with Crippen molar-refractivity contribution in [1.29, 1.82) is 0 Å². The second-order valence-corrected chi connectivity index (χ2v) is 4.46. The van der Waals surface area contributed by atoms with Gasteiger partial charge in [0.25, 0.3) is 0 Å². The van der Waals surface area contributed by atoms with Crippen LogP contribution in [0.4, 0.5) is 0 Å². The molecule has 1 saturated heterocycles. The lowest BCUT2D eigenvalue weighted by atomic mass is 10.1. The molecule has 1 saturated carbocycles. The van der Waals surface area contributed by atoms with E-state index in [1.165, 1.54) is 32.2 Å². The molecule has 0 aromatic rings. The summed E-state index contributed by atoms with van der Waals surface area (Å²) in [4.78, 5) is 2.68. The molecule has 2 nitrogen and oxygen atoms in total. The largest absolute Gasteiger partial charge is 0.330 e. The van der Waals surface area contributed by atoms with Crippen LogP contribution in [0.3, 0.4) is 0 Å². The van der Waals surface area contributed by atoms with Gasteiger partial charge in [0.15, 0.2) is 0 Å². The normalized spacial score (nSPS) is 37.5. The van der Waals surface area contributed by atoms with Crippen LogP contribution >= 0.6 is 0 Å². The lowest BCUT2D eigenvalue weighted by molar-refractivity contribution is 0.154. The molecule has 0 aromatic carbocycles. The van der Waals surface area contributed by atoms with E-state index in [2.05, 4.69) is 11.8 Å². The molecule has 2 heteroatoms. The predicted octanol–water partition coefficient (Wildman–Crippen LogP) is 1.21. The molecule has 0 amide bonds. The van der Waals surface area contributed by atoms with Gasteiger partial charge in [-0.2, -0.15) is 0 Å². The summed E-state index contributed by atoms with van der Waals surface area (Å²) >= 11 is 0. The lowest BCUT2D eigenvalue weighted by Gasteiger charge is -2.32. The molecular formula is C10H20N2. The van der Waals surface area contributed by atoms with Crippen LogP contribution in [0.25, 0.3) is 0 Å². The quantitative estimate of drug-likeness (QED) is 0.686. The van der Waals surface area contributed by atoms with Gasteiger partial charge in [-0.3, -0.25) is 4.90 Å². The van der Waals surface area contributed by atoms with Crippen LogP contribution in [0.15, 0.2) is 0 Å². The number of hydrogen-bond acceptors (Lipinski definition) is 2. The van der Waals surface area contributed by atoms with Gasteiger partial charge in [0.05, 0.1) is 0 Å². The summed E-state index contributed by atoms with van der Waals surface area (Å²) < 4.78 is 0. The monoisotopic (exact) mass is 168 g/mol. The van der Waals surface area contributed by atoms with Gasteiger partial charge in [0.1, 0.15) is 0 Å². The number of fused-ring (bicyclic) bond motifs is 2. The Labute approximate surface area is 75.1 Å². The van der Waals surface area contributed by atoms with Gasteiger partial charge in [-0.25, -0.2) is 0 Å². The highest BCUT2D eigenvalue weighted by atomic mass is 15.2. The van der Waals surface area contributed by atoms with Crippen molar-refractivity contribution < 1.29 is 0 Å². The van der Waals surface area contributed by atoms with Gasteiger partial charge in [0, 0.05) is 18.6 Å². The van der Waals surface area contributed by atoms with E-state index in [1.54, 1.807) is 0 Å². The summed E-state index contributed by atoms with van der Waals surface area (Å²) in [5.41, 5.74) is 5.57. The highest BCUT2D eigenvalue weighted by Gasteiger charge is 2.39. The first-order valence-corrected chi connectivity index (χ1v) is 5.27. The van der Waals surface area contributed by atoms with E-state index >= 15 is 0 Å². The van der Waals surface area contributed by atoms with E-state index in [0.29, 0.717) is 0 Å². The maximum Gasteiger partial charge on any atom is 0.0101 e. The average Bonchev–Trinajstić information content (AvgIpc) is 2.64. The van der Waals surface area contributed by atoms with Crippen molar-refractivity contribution in [3.63, 3.8) is 0 Å². The lowest BCUT2D eigenvalue weighted by Crippen LogP contribution is -2.40. The van der Waals surface area contributed by atoms with Crippen LogP contribution in [0.2, 0.25) is 0 Å². The minimum atomic E-state index is 0.727. The van der Waals surface area contributed by atoms with E-state index in [9.17, 15) is 0 Å². The zero-order chi connectivity index (χ0) is 8.55. The summed E-state index contributed by atoms with van der Waals surface area (Å²) in [7, 11) is 0. The Bertz CT molecular complexity index is 158. The third kappa shape index (κ3) is 1.38. The molecule has 0 aromatic heterocycles. The second-order valence-electron chi connectivity index (χ2n) is 4.46. The van der Waals surface area contributed by atoms with Crippen LogP contribution < -0.4 is 5.73 Å². The van der Waals surface area contributed by atoms with Gasteiger partial charge >= 0.3 is 0 Å². The number of piperidine rings is 1. The fraction of sp³-hybridized carbons (Fsp3) is 1.00. The molecule has 3 atom stereocenters. The first-order chi connectivity index (χ1) is 5.81. The highest BCUT2D eigenvalue weighted by Crippen LogP contribution is 2.38. The second kappa shape index (κ2) is 3.35. The Morgan fingerprint density at radius 1 is 1.50 bits per heavy atom. The van der Waals surface area contributed by atoms with E-state index in [4.69, 9.17) is 5.73 Å². The molecule has 1 heterocycles. The maximum absolute atomic E-state index is 5.57. The van der Waals surface area contributed by atoms with Gasteiger partial charge in [-0.05, 0) is 45.1 Å². The minimum absolute atomic E-state index is 0.727. The van der Waals surface area contributed by atoms with Crippen molar-refractivity contribution in [1.82, 2.24) is 4.90 Å². The van der Waals surface area contributed by atoms with Crippen LogP contribution in [-0.4, -0.2) is 30.1 Å². The molecule has 0 radical (unpaired) electrons. The van der Waals surface area contributed by atoms with E-state index in [1.807, 2.05) is 0 Å². The molecular weight excluding hydrogens is 148 g/mol. The average molecular weight is 168 g/mol. The summed E-state index contributed by atoms with van der Waals surface area (Å²) in [6.45, 7) is 4.52. The Kier molecular flexibility index (Phi) is 2.37. The van der Waals surface area contributed by atoms with Crippen molar-refractivity contribution in [2.75, 3.05) is 13.1 Å². The van der Waals surface area contributed by atoms with E-state index in [-0.39, 0.29) is 0 Å². The number of likely N-dealkylation sites (tertiary alicyclic amines) is 1. The molecule has 2 bridgehead atoms. The van der Waals surface area contributed by atoms with Crippen molar-refractivity contribution in [2.45, 2.75) is 44.7 Å². The molecule has 2 rings (SSSR count). The zero-order valence-electron chi connectivity index (χ0n) is 8.00. The minimum Gasteiger partial charge on any atom is -0.330 e. The number of nitrogens with zero attached hydrogens (tertiary/aromatic N) is 1. The summed E-state index contributed by atoms with van der Waals surface area (Å²) in [5.74, 6) is 1.02. The number of hydrogen-bond donors (Lipinski definition) is 1. The standard InChI is InChI=1S/C10H20N2/c1-8(4-5-11)12-7-9-2-3-10(12)6-9/h8-10H,2-7,11H2,1H3. The molecule has 1 aliphatic heterocycles. The highest BCUT2D eigenvalue weighted by molar-refractivity contribution is 4.94. The Morgan fingerprint density at radius 3 is 2.83 bits per heavy atom. The van der Waals surface area contributed by atoms with Crippen molar-refractivity contribution in [3.05, 3.63) is 0 Å². The smallest absolute Gasteiger partial charge is 0.0101 e. The SMILES string of the molecule is CC(CCN)N1CC2CCC1C2. The third-order valence-corrected chi connectivity index (χ3v) is 3.60. The summed E-state index contributed by atoms with van der Waals surface area (Å²) in [5, 5.41) is 0. The molecule has 2 N–H and O–H groups in total. The van der Waals surface area contributed by atoms with Crippen molar-refractivity contribution in [2.24, 2.45) is 11.7 Å². The van der Waals surface area contributed by atoms with Crippen LogP contribution in [0.1, 0.15) is 32.6 Å². The Balaban J connectivity index is 1.89. The maximum atomic E-state index is 5.57. The molecule has 1 aliphatic carbocycles. The van der Waals surface area contributed by atoms with E-state index < -0.39 is 0 Å². The first-order valence-electron chi connectivity index (χ1n) is 5.27. The Morgan fingerprint density at radius 2 is 2.33 bits per heavy atom. The first kappa shape index (κ1) is 8.52. The summed E-state index contributed by atoms with van der Waals surface area (Å²) in [6.07, 6.45) is 5.56. The zero-order valence-corrected chi connectivity index (χ0v) is 8.00. The molecule has 70 valence electrons. The molecule has 12 heavy (non-hydrogen) atoms. The van der Waals surface area contributed by atoms with Crippen molar-refractivity contribution >= 4 is 0 Å². The van der Waals surface area contributed by atoms with Crippen LogP contribution in [0.5, 0.6) is 0 Å². The third-order valence-electron chi connectivity index (χ3n) is 3.60. The predicted molar refractivity (Wildman–Crippen MR) is 51.0 cm³/mol. The molecule has 2 aliphatic rings. The summed E-state index contributed by atoms with van der Waals surface area (Å²) in [6, 6.07) is 1.64. The van der Waals surface area contributed by atoms with Crippen LogP contribution in [-0.2, 0) is 0 Å². The van der Waals surface area contributed by atoms with Gasteiger partial charge in [0.2, 0.25) is 0 Å². The topological polar surface area (TPSA) is 29.3 Å².